The molecular formula is C15H16N2O3. The molecule has 5 heteroatoms. The first kappa shape index (κ1) is 12.8. The summed E-state index contributed by atoms with van der Waals surface area (Å²) >= 11 is 0. The molecule has 0 aliphatic carbocycles. The summed E-state index contributed by atoms with van der Waals surface area (Å²) in [6.07, 6.45) is -0.0563. The van der Waals surface area contributed by atoms with E-state index in [-0.39, 0.29) is 24.1 Å². The molecule has 2 aliphatic rings. The quantitative estimate of drug-likeness (QED) is 0.566. The van der Waals surface area contributed by atoms with Crippen LogP contribution in [0, 0.1) is 6.92 Å². The molecule has 1 unspecified atom stereocenters. The predicted octanol–water partition coefficient (Wildman–Crippen LogP) is 0.988. The Labute approximate surface area is 117 Å². The van der Waals surface area contributed by atoms with Crippen LogP contribution in [-0.4, -0.2) is 36.2 Å². The zero-order valence-electron chi connectivity index (χ0n) is 11.8. The maximum atomic E-state index is 12.7. The van der Waals surface area contributed by atoms with Crippen molar-refractivity contribution in [1.82, 2.24) is 4.90 Å². The molecule has 5 nitrogen and oxygen atoms in total. The molecule has 3 amide bonds. The lowest BCUT2D eigenvalue weighted by Crippen LogP contribution is -2.45. The summed E-state index contributed by atoms with van der Waals surface area (Å²) < 4.78 is 0. The number of benzene rings is 1. The Hall–Kier alpha value is -2.17. The van der Waals surface area contributed by atoms with E-state index in [1.807, 2.05) is 25.1 Å². The highest BCUT2D eigenvalue weighted by molar-refractivity contribution is 6.28. The van der Waals surface area contributed by atoms with E-state index in [1.54, 1.807) is 14.0 Å². The van der Waals surface area contributed by atoms with Crippen LogP contribution in [0.5, 0.6) is 0 Å². The Balaban J connectivity index is 2.26. The summed E-state index contributed by atoms with van der Waals surface area (Å²) in [4.78, 5) is 40.0. The number of aryl methyl sites for hydroxylation is 1. The maximum absolute atomic E-state index is 12.7. The van der Waals surface area contributed by atoms with Gasteiger partial charge in [0.1, 0.15) is 0 Å². The van der Waals surface area contributed by atoms with E-state index < -0.39 is 5.41 Å². The lowest BCUT2D eigenvalue weighted by atomic mass is 9.79. The third kappa shape index (κ3) is 1.30. The van der Waals surface area contributed by atoms with E-state index >= 15 is 0 Å². The molecule has 3 rings (SSSR count). The molecule has 1 spiro atoms. The normalized spacial score (nSPS) is 25.1. The summed E-state index contributed by atoms with van der Waals surface area (Å²) in [6, 6.07) is 5.59. The first-order valence-corrected chi connectivity index (χ1v) is 6.67. The van der Waals surface area contributed by atoms with Gasteiger partial charge < -0.3 is 4.90 Å². The van der Waals surface area contributed by atoms with Crippen molar-refractivity contribution in [2.24, 2.45) is 0 Å². The molecule has 1 fully saturated rings. The van der Waals surface area contributed by atoms with Crippen molar-refractivity contribution >= 4 is 23.4 Å². The van der Waals surface area contributed by atoms with Crippen molar-refractivity contribution in [3.05, 3.63) is 29.3 Å². The molecular weight excluding hydrogens is 256 g/mol. The monoisotopic (exact) mass is 272 g/mol. The summed E-state index contributed by atoms with van der Waals surface area (Å²) in [5.74, 6) is -0.952. The number of likely N-dealkylation sites (tertiary alicyclic amines) is 1. The first-order chi connectivity index (χ1) is 9.43. The topological polar surface area (TPSA) is 57.7 Å². The maximum Gasteiger partial charge on any atom is 0.250 e. The largest absolute Gasteiger partial charge is 0.314 e. The molecule has 1 atom stereocenters. The van der Waals surface area contributed by atoms with E-state index in [2.05, 4.69) is 0 Å². The third-order valence-corrected chi connectivity index (χ3v) is 4.29. The molecule has 2 aliphatic heterocycles. The summed E-state index contributed by atoms with van der Waals surface area (Å²) in [5, 5.41) is 0. The van der Waals surface area contributed by atoms with Gasteiger partial charge in [0.15, 0.2) is 5.41 Å². The smallest absolute Gasteiger partial charge is 0.250 e. The number of rotatable bonds is 1. The Morgan fingerprint density at radius 1 is 1.20 bits per heavy atom. The van der Waals surface area contributed by atoms with Crippen LogP contribution in [0.3, 0.4) is 0 Å². The highest BCUT2D eigenvalue weighted by Gasteiger charge is 2.62. The number of hydrogen-bond donors (Lipinski definition) is 0. The summed E-state index contributed by atoms with van der Waals surface area (Å²) in [7, 11) is 1.65. The Morgan fingerprint density at radius 2 is 1.90 bits per heavy atom. The molecule has 104 valence electrons. The van der Waals surface area contributed by atoms with Crippen molar-refractivity contribution in [3.63, 3.8) is 0 Å². The molecule has 0 radical (unpaired) electrons. The van der Waals surface area contributed by atoms with E-state index in [4.69, 9.17) is 0 Å². The Bertz CT molecular complexity index is 653. The number of likely N-dealkylation sites (N-methyl/N-ethyl adjacent to an activating group) is 2. The average molecular weight is 272 g/mol. The second-order valence-electron chi connectivity index (χ2n) is 5.41. The predicted molar refractivity (Wildman–Crippen MR) is 73.3 cm³/mol. The van der Waals surface area contributed by atoms with Crippen LogP contribution in [0.2, 0.25) is 0 Å². The van der Waals surface area contributed by atoms with Gasteiger partial charge in [-0.3, -0.25) is 19.3 Å². The van der Waals surface area contributed by atoms with Gasteiger partial charge in [-0.15, -0.1) is 0 Å². The Morgan fingerprint density at radius 3 is 2.50 bits per heavy atom. The molecule has 20 heavy (non-hydrogen) atoms. The lowest BCUT2D eigenvalue weighted by Gasteiger charge is -2.20. The minimum absolute atomic E-state index is 0.0563. The molecule has 1 aromatic carbocycles. The van der Waals surface area contributed by atoms with Crippen LogP contribution in [0.4, 0.5) is 5.69 Å². The average Bonchev–Trinajstić information content (AvgIpc) is 2.79. The van der Waals surface area contributed by atoms with Crippen molar-refractivity contribution in [3.8, 4) is 0 Å². The molecule has 0 aromatic heterocycles. The fraction of sp³-hybridized carbons (Fsp3) is 0.400. The molecule has 1 saturated heterocycles. The summed E-state index contributed by atoms with van der Waals surface area (Å²) in [6.45, 7) is 3.96. The minimum atomic E-state index is -1.33. The number of anilines is 1. The van der Waals surface area contributed by atoms with Crippen LogP contribution in [0.25, 0.3) is 0 Å². The second-order valence-corrected chi connectivity index (χ2v) is 5.41. The SMILES string of the molecule is CCN1C(=O)CC2(C1=O)C(=O)N(C)c1ccc(C)cc12. The number of imide groups is 1. The van der Waals surface area contributed by atoms with Gasteiger partial charge in [-0.25, -0.2) is 0 Å². The Kier molecular flexibility index (Phi) is 2.51. The zero-order valence-corrected chi connectivity index (χ0v) is 11.8. The standard InChI is InChI=1S/C15H16N2O3/c1-4-17-12(18)8-15(14(17)20)10-7-9(2)5-6-11(10)16(3)13(15)19/h5-7H,4,8H2,1-3H3. The van der Waals surface area contributed by atoms with Crippen molar-refractivity contribution < 1.29 is 14.4 Å². The molecule has 1 aromatic rings. The number of fused-ring (bicyclic) bond motifs is 2. The highest BCUT2D eigenvalue weighted by atomic mass is 16.2. The number of carbonyl (C=O) groups is 3. The number of carbonyl (C=O) groups excluding carboxylic acids is 3. The van der Waals surface area contributed by atoms with Crippen LogP contribution >= 0.6 is 0 Å². The van der Waals surface area contributed by atoms with Crippen molar-refractivity contribution in [1.29, 1.82) is 0 Å². The van der Waals surface area contributed by atoms with Gasteiger partial charge >= 0.3 is 0 Å². The second kappa shape index (κ2) is 3.91. The van der Waals surface area contributed by atoms with Crippen LogP contribution in [-0.2, 0) is 19.8 Å². The van der Waals surface area contributed by atoms with Gasteiger partial charge in [-0.1, -0.05) is 17.7 Å². The third-order valence-electron chi connectivity index (χ3n) is 4.29. The van der Waals surface area contributed by atoms with Crippen LogP contribution < -0.4 is 4.90 Å². The van der Waals surface area contributed by atoms with Gasteiger partial charge in [0, 0.05) is 24.8 Å². The van der Waals surface area contributed by atoms with E-state index in [9.17, 15) is 14.4 Å². The summed E-state index contributed by atoms with van der Waals surface area (Å²) in [5.41, 5.74) is 1.03. The first-order valence-electron chi connectivity index (χ1n) is 6.67. The van der Waals surface area contributed by atoms with Crippen molar-refractivity contribution in [2.45, 2.75) is 25.7 Å². The minimum Gasteiger partial charge on any atom is -0.314 e. The van der Waals surface area contributed by atoms with Gasteiger partial charge in [-0.2, -0.15) is 0 Å². The van der Waals surface area contributed by atoms with Gasteiger partial charge in [-0.05, 0) is 19.9 Å². The van der Waals surface area contributed by atoms with Crippen LogP contribution in [0.1, 0.15) is 24.5 Å². The van der Waals surface area contributed by atoms with Gasteiger partial charge in [0.2, 0.25) is 17.7 Å². The molecule has 0 bridgehead atoms. The fourth-order valence-corrected chi connectivity index (χ4v) is 3.23. The van der Waals surface area contributed by atoms with Crippen LogP contribution in [0.15, 0.2) is 18.2 Å². The lowest BCUT2D eigenvalue weighted by molar-refractivity contribution is -0.141. The van der Waals surface area contributed by atoms with Gasteiger partial charge in [0.25, 0.3) is 0 Å². The van der Waals surface area contributed by atoms with E-state index in [0.717, 1.165) is 11.3 Å². The zero-order chi connectivity index (χ0) is 14.7. The highest BCUT2D eigenvalue weighted by Crippen LogP contribution is 2.48. The van der Waals surface area contributed by atoms with Crippen molar-refractivity contribution in [2.75, 3.05) is 18.5 Å². The molecule has 2 heterocycles. The molecule has 0 N–H and O–H groups in total. The van der Waals surface area contributed by atoms with Gasteiger partial charge in [0.05, 0.1) is 6.42 Å². The number of nitrogens with zero attached hydrogens (tertiary/aromatic N) is 2. The number of hydrogen-bond acceptors (Lipinski definition) is 3. The number of amides is 3. The fourth-order valence-electron chi connectivity index (χ4n) is 3.23. The van der Waals surface area contributed by atoms with E-state index in [1.165, 1.54) is 9.80 Å². The van der Waals surface area contributed by atoms with E-state index in [0.29, 0.717) is 12.1 Å². The molecule has 0 saturated carbocycles.